The fraction of sp³-hybridized carbons (Fsp3) is 0.786. The van der Waals surface area contributed by atoms with E-state index in [0.29, 0.717) is 25.9 Å². The number of piperidine rings is 1. The minimum absolute atomic E-state index is 0.118. The zero-order valence-electron chi connectivity index (χ0n) is 12.2. The molecule has 2 heterocycles. The number of esters is 2. The molecule has 0 saturated carbocycles. The number of carbonyl (C=O) groups is 3. The molecule has 0 N–H and O–H groups in total. The third-order valence-corrected chi connectivity index (χ3v) is 3.66. The summed E-state index contributed by atoms with van der Waals surface area (Å²) in [5.74, 6) is -1.06. The number of ether oxygens (including phenoxy) is 2. The summed E-state index contributed by atoms with van der Waals surface area (Å²) in [5.41, 5.74) is -0.504. The average Bonchev–Trinajstić information content (AvgIpc) is 2.66. The maximum atomic E-state index is 11.9. The third kappa shape index (κ3) is 3.49. The molecule has 0 radical (unpaired) electrons. The SMILES string of the molecule is CC(C)(C)OC(=O)N1CCC(C2CC(=O)OC2=O)CC1. The Morgan fingerprint density at radius 1 is 1.25 bits per heavy atom. The van der Waals surface area contributed by atoms with Gasteiger partial charge in [-0.3, -0.25) is 9.59 Å². The van der Waals surface area contributed by atoms with Crippen molar-refractivity contribution in [2.75, 3.05) is 13.1 Å². The molecule has 1 unspecified atom stereocenters. The maximum Gasteiger partial charge on any atom is 0.410 e. The van der Waals surface area contributed by atoms with Crippen LogP contribution < -0.4 is 0 Å². The van der Waals surface area contributed by atoms with Crippen molar-refractivity contribution in [3.63, 3.8) is 0 Å². The topological polar surface area (TPSA) is 72.9 Å². The molecule has 2 aliphatic rings. The molecule has 112 valence electrons. The van der Waals surface area contributed by atoms with E-state index in [1.807, 2.05) is 20.8 Å². The fourth-order valence-corrected chi connectivity index (χ4v) is 2.66. The molecule has 1 amide bonds. The molecule has 0 aromatic heterocycles. The molecule has 0 spiro atoms. The molecule has 6 nitrogen and oxygen atoms in total. The van der Waals surface area contributed by atoms with Crippen LogP contribution in [0.15, 0.2) is 0 Å². The van der Waals surface area contributed by atoms with Crippen LogP contribution in [0.4, 0.5) is 4.79 Å². The van der Waals surface area contributed by atoms with Crippen molar-refractivity contribution in [1.29, 1.82) is 0 Å². The molecule has 2 saturated heterocycles. The van der Waals surface area contributed by atoms with Crippen LogP contribution in [0.1, 0.15) is 40.0 Å². The highest BCUT2D eigenvalue weighted by Gasteiger charge is 2.41. The normalized spacial score (nSPS) is 24.8. The van der Waals surface area contributed by atoms with Gasteiger partial charge in [0.25, 0.3) is 0 Å². The van der Waals surface area contributed by atoms with Gasteiger partial charge in [-0.1, -0.05) is 0 Å². The van der Waals surface area contributed by atoms with E-state index in [-0.39, 0.29) is 24.3 Å². The quantitative estimate of drug-likeness (QED) is 0.541. The monoisotopic (exact) mass is 283 g/mol. The predicted molar refractivity (Wildman–Crippen MR) is 69.7 cm³/mol. The molecule has 2 fully saturated rings. The molecular formula is C14H21NO5. The highest BCUT2D eigenvalue weighted by molar-refractivity contribution is 5.94. The Hall–Kier alpha value is -1.59. The second-order valence-electron chi connectivity index (χ2n) is 6.41. The average molecular weight is 283 g/mol. The maximum absolute atomic E-state index is 11.9. The van der Waals surface area contributed by atoms with Gasteiger partial charge in [0.1, 0.15) is 5.60 Å². The lowest BCUT2D eigenvalue weighted by Gasteiger charge is -2.34. The number of hydrogen-bond acceptors (Lipinski definition) is 5. The Kier molecular flexibility index (Phi) is 4.01. The standard InChI is InChI=1S/C14H21NO5/c1-14(2,3)20-13(18)15-6-4-9(5-7-15)10-8-11(16)19-12(10)17/h9-10H,4-8H2,1-3H3. The molecule has 0 bridgehead atoms. The van der Waals surface area contributed by atoms with Crippen molar-refractivity contribution in [3.05, 3.63) is 0 Å². The van der Waals surface area contributed by atoms with Gasteiger partial charge < -0.3 is 14.4 Å². The van der Waals surface area contributed by atoms with Crippen LogP contribution in [0.25, 0.3) is 0 Å². The van der Waals surface area contributed by atoms with Crippen LogP contribution in [-0.2, 0) is 19.1 Å². The van der Waals surface area contributed by atoms with Gasteiger partial charge in [-0.25, -0.2) is 4.79 Å². The van der Waals surface area contributed by atoms with E-state index in [4.69, 9.17) is 4.74 Å². The van der Waals surface area contributed by atoms with Crippen LogP contribution in [0.2, 0.25) is 0 Å². The predicted octanol–water partition coefficient (Wildman–Crippen LogP) is 1.72. The Balaban J connectivity index is 1.85. The van der Waals surface area contributed by atoms with Crippen LogP contribution in [0.5, 0.6) is 0 Å². The summed E-state index contributed by atoms with van der Waals surface area (Å²) in [6, 6.07) is 0. The molecule has 0 aromatic rings. The van der Waals surface area contributed by atoms with E-state index >= 15 is 0 Å². The minimum Gasteiger partial charge on any atom is -0.444 e. The summed E-state index contributed by atoms with van der Waals surface area (Å²) in [4.78, 5) is 36.2. The van der Waals surface area contributed by atoms with Gasteiger partial charge in [-0.15, -0.1) is 0 Å². The van der Waals surface area contributed by atoms with Crippen LogP contribution in [0.3, 0.4) is 0 Å². The van der Waals surface area contributed by atoms with Gasteiger partial charge in [-0.05, 0) is 39.5 Å². The number of amides is 1. The second-order valence-corrected chi connectivity index (χ2v) is 6.41. The molecule has 0 aromatic carbocycles. The van der Waals surface area contributed by atoms with Gasteiger partial charge in [0.2, 0.25) is 0 Å². The van der Waals surface area contributed by atoms with Crippen LogP contribution in [-0.4, -0.2) is 41.6 Å². The van der Waals surface area contributed by atoms with E-state index in [1.165, 1.54) is 0 Å². The van der Waals surface area contributed by atoms with E-state index in [2.05, 4.69) is 4.74 Å². The Labute approximate surface area is 118 Å². The first-order valence-electron chi connectivity index (χ1n) is 6.99. The smallest absolute Gasteiger partial charge is 0.410 e. The van der Waals surface area contributed by atoms with Crippen molar-refractivity contribution in [2.24, 2.45) is 11.8 Å². The van der Waals surface area contributed by atoms with Crippen LogP contribution in [0, 0.1) is 11.8 Å². The zero-order chi connectivity index (χ0) is 14.9. The first kappa shape index (κ1) is 14.8. The van der Waals surface area contributed by atoms with E-state index in [1.54, 1.807) is 4.90 Å². The summed E-state index contributed by atoms with van der Waals surface area (Å²) in [6.45, 7) is 6.60. The van der Waals surface area contributed by atoms with Gasteiger partial charge in [0, 0.05) is 13.1 Å². The van der Waals surface area contributed by atoms with Crippen molar-refractivity contribution in [1.82, 2.24) is 4.90 Å². The molecule has 2 rings (SSSR count). The molecule has 20 heavy (non-hydrogen) atoms. The number of nitrogens with zero attached hydrogens (tertiary/aromatic N) is 1. The lowest BCUT2D eigenvalue weighted by Crippen LogP contribution is -2.43. The number of cyclic esters (lactones) is 2. The minimum atomic E-state index is -0.504. The van der Waals surface area contributed by atoms with Crippen molar-refractivity contribution in [2.45, 2.75) is 45.6 Å². The fourth-order valence-electron chi connectivity index (χ4n) is 2.66. The lowest BCUT2D eigenvalue weighted by molar-refractivity contribution is -0.153. The molecule has 6 heteroatoms. The number of likely N-dealkylation sites (tertiary alicyclic amines) is 1. The third-order valence-electron chi connectivity index (χ3n) is 3.66. The van der Waals surface area contributed by atoms with Crippen molar-refractivity contribution < 1.29 is 23.9 Å². The number of hydrogen-bond donors (Lipinski definition) is 0. The molecule has 1 atom stereocenters. The van der Waals surface area contributed by atoms with Crippen molar-refractivity contribution in [3.8, 4) is 0 Å². The largest absolute Gasteiger partial charge is 0.444 e. The van der Waals surface area contributed by atoms with E-state index < -0.39 is 17.5 Å². The number of rotatable bonds is 1. The Bertz CT molecular complexity index is 418. The zero-order valence-corrected chi connectivity index (χ0v) is 12.2. The summed E-state index contributed by atoms with van der Waals surface area (Å²) >= 11 is 0. The van der Waals surface area contributed by atoms with Crippen molar-refractivity contribution >= 4 is 18.0 Å². The molecule has 2 aliphatic heterocycles. The Morgan fingerprint density at radius 2 is 1.85 bits per heavy atom. The summed E-state index contributed by atoms with van der Waals surface area (Å²) in [5, 5.41) is 0. The molecular weight excluding hydrogens is 262 g/mol. The first-order chi connectivity index (χ1) is 9.26. The molecule has 0 aliphatic carbocycles. The summed E-state index contributed by atoms with van der Waals surface area (Å²) < 4.78 is 9.90. The summed E-state index contributed by atoms with van der Waals surface area (Å²) in [6.07, 6.45) is 1.26. The van der Waals surface area contributed by atoms with Crippen LogP contribution >= 0.6 is 0 Å². The van der Waals surface area contributed by atoms with E-state index in [0.717, 1.165) is 0 Å². The first-order valence-corrected chi connectivity index (χ1v) is 6.99. The lowest BCUT2D eigenvalue weighted by atomic mass is 9.83. The highest BCUT2D eigenvalue weighted by Crippen LogP contribution is 2.32. The Morgan fingerprint density at radius 3 is 2.30 bits per heavy atom. The van der Waals surface area contributed by atoms with Gasteiger partial charge >= 0.3 is 18.0 Å². The van der Waals surface area contributed by atoms with E-state index in [9.17, 15) is 14.4 Å². The van der Waals surface area contributed by atoms with Gasteiger partial charge in [0.05, 0.1) is 12.3 Å². The highest BCUT2D eigenvalue weighted by atomic mass is 16.6. The summed E-state index contributed by atoms with van der Waals surface area (Å²) in [7, 11) is 0. The second kappa shape index (κ2) is 5.42. The van der Waals surface area contributed by atoms with Gasteiger partial charge in [0.15, 0.2) is 0 Å². The van der Waals surface area contributed by atoms with Gasteiger partial charge in [-0.2, -0.15) is 0 Å². The number of carbonyl (C=O) groups excluding carboxylic acids is 3.